The van der Waals surface area contributed by atoms with Crippen molar-refractivity contribution in [1.29, 1.82) is 0 Å². The number of rotatable bonds is 3. The largest absolute Gasteiger partial charge is 0.377 e. The Kier molecular flexibility index (Phi) is 5.15. The number of hydrogen-bond acceptors (Lipinski definition) is 1. The average molecular weight is 333 g/mol. The minimum atomic E-state index is 1.20. The van der Waals surface area contributed by atoms with Crippen LogP contribution in [0.2, 0.25) is 0 Å². The van der Waals surface area contributed by atoms with Gasteiger partial charge in [0.15, 0.2) is 6.21 Å². The molecule has 2 nitrogen and oxygen atoms in total. The standard InChI is InChI=1S/C23H29N2/c1-5-14-24(15-6-1)18-21(19-25-16-7-2-8-17-25)23-13-9-11-20-10-3-4-12-22(20)23/h3-4,9-13,18-19H,1-2,5-8,14-17H2/q+1. The van der Waals surface area contributed by atoms with Gasteiger partial charge in [0.2, 0.25) is 0 Å². The number of allylic oxidation sites excluding steroid dienone is 1. The van der Waals surface area contributed by atoms with E-state index >= 15 is 0 Å². The quantitative estimate of drug-likeness (QED) is 0.722. The van der Waals surface area contributed by atoms with Crippen LogP contribution in [0.25, 0.3) is 16.3 Å². The van der Waals surface area contributed by atoms with Crippen LogP contribution in [0.3, 0.4) is 0 Å². The smallest absolute Gasteiger partial charge is 0.172 e. The van der Waals surface area contributed by atoms with E-state index in [1.807, 2.05) is 0 Å². The van der Waals surface area contributed by atoms with Crippen molar-refractivity contribution < 1.29 is 4.58 Å². The number of hydrogen-bond donors (Lipinski definition) is 0. The highest BCUT2D eigenvalue weighted by atomic mass is 15.1. The third kappa shape index (κ3) is 3.95. The van der Waals surface area contributed by atoms with Gasteiger partial charge < -0.3 is 4.90 Å². The number of nitrogens with zero attached hydrogens (tertiary/aromatic N) is 2. The van der Waals surface area contributed by atoms with Crippen LogP contribution in [0.15, 0.2) is 48.7 Å². The first-order valence-corrected chi connectivity index (χ1v) is 9.93. The summed E-state index contributed by atoms with van der Waals surface area (Å²) < 4.78 is 2.53. The zero-order valence-electron chi connectivity index (χ0n) is 15.2. The third-order valence-electron chi connectivity index (χ3n) is 5.53. The average Bonchev–Trinajstić information content (AvgIpc) is 2.69. The molecule has 0 N–H and O–H groups in total. The second-order valence-electron chi connectivity index (χ2n) is 7.43. The SMILES string of the molecule is C(/C(=C\N1CCCCC1)c1cccc2ccccc12)=[N+]1CCCCC1. The van der Waals surface area contributed by atoms with Crippen molar-refractivity contribution in [3.05, 3.63) is 54.2 Å². The first-order valence-electron chi connectivity index (χ1n) is 9.93. The zero-order valence-corrected chi connectivity index (χ0v) is 15.2. The van der Waals surface area contributed by atoms with Crippen LogP contribution in [0.4, 0.5) is 0 Å². The van der Waals surface area contributed by atoms with Crippen molar-refractivity contribution in [2.75, 3.05) is 26.2 Å². The maximum absolute atomic E-state index is 2.53. The summed E-state index contributed by atoms with van der Waals surface area (Å²) in [7, 11) is 0. The maximum atomic E-state index is 2.53. The topological polar surface area (TPSA) is 6.25 Å². The van der Waals surface area contributed by atoms with Crippen LogP contribution in [0.5, 0.6) is 0 Å². The summed E-state index contributed by atoms with van der Waals surface area (Å²) in [5.41, 5.74) is 2.75. The summed E-state index contributed by atoms with van der Waals surface area (Å²) in [5, 5.41) is 2.69. The molecule has 4 rings (SSSR count). The molecule has 0 aromatic heterocycles. The Balaban J connectivity index is 1.77. The first-order chi connectivity index (χ1) is 12.4. The lowest BCUT2D eigenvalue weighted by Gasteiger charge is -2.26. The first kappa shape index (κ1) is 16.4. The van der Waals surface area contributed by atoms with Gasteiger partial charge in [-0.2, -0.15) is 0 Å². The highest BCUT2D eigenvalue weighted by Crippen LogP contribution is 2.25. The van der Waals surface area contributed by atoms with E-state index in [0.717, 1.165) is 0 Å². The second kappa shape index (κ2) is 7.86. The van der Waals surface area contributed by atoms with Crippen LogP contribution in [-0.4, -0.2) is 41.9 Å². The Labute approximate surface area is 151 Å². The fourth-order valence-corrected chi connectivity index (χ4v) is 4.14. The highest BCUT2D eigenvalue weighted by Gasteiger charge is 2.16. The molecule has 2 aliphatic rings. The number of benzene rings is 2. The molecular weight excluding hydrogens is 304 g/mol. The molecule has 2 saturated heterocycles. The molecule has 0 unspecified atom stereocenters. The molecule has 0 amide bonds. The lowest BCUT2D eigenvalue weighted by molar-refractivity contribution is -0.531. The highest BCUT2D eigenvalue weighted by molar-refractivity contribution is 6.13. The Morgan fingerprint density at radius 3 is 2.36 bits per heavy atom. The summed E-state index contributed by atoms with van der Waals surface area (Å²) in [4.78, 5) is 2.53. The van der Waals surface area contributed by atoms with Crippen LogP contribution in [-0.2, 0) is 0 Å². The monoisotopic (exact) mass is 333 g/mol. The minimum absolute atomic E-state index is 1.20. The minimum Gasteiger partial charge on any atom is -0.377 e. The van der Waals surface area contributed by atoms with Crippen molar-refractivity contribution >= 4 is 22.6 Å². The molecule has 25 heavy (non-hydrogen) atoms. The van der Waals surface area contributed by atoms with Crippen LogP contribution >= 0.6 is 0 Å². The molecule has 0 saturated carbocycles. The number of piperidine rings is 2. The molecule has 0 bridgehead atoms. The maximum Gasteiger partial charge on any atom is 0.172 e. The van der Waals surface area contributed by atoms with Gasteiger partial charge >= 0.3 is 0 Å². The van der Waals surface area contributed by atoms with E-state index in [0.29, 0.717) is 0 Å². The molecule has 0 atom stereocenters. The second-order valence-corrected chi connectivity index (χ2v) is 7.43. The van der Waals surface area contributed by atoms with E-state index in [2.05, 4.69) is 64.4 Å². The van der Waals surface area contributed by atoms with Crippen molar-refractivity contribution in [3.8, 4) is 0 Å². The molecule has 2 aliphatic heterocycles. The van der Waals surface area contributed by atoms with Gasteiger partial charge in [0.25, 0.3) is 0 Å². The summed E-state index contributed by atoms with van der Waals surface area (Å²) in [5.74, 6) is 0. The van der Waals surface area contributed by atoms with Gasteiger partial charge in [-0.25, -0.2) is 4.58 Å². The van der Waals surface area contributed by atoms with Crippen molar-refractivity contribution in [3.63, 3.8) is 0 Å². The summed E-state index contributed by atoms with van der Waals surface area (Å²) >= 11 is 0. The fraction of sp³-hybridized carbons (Fsp3) is 0.435. The third-order valence-corrected chi connectivity index (χ3v) is 5.53. The van der Waals surface area contributed by atoms with Crippen LogP contribution in [0, 0.1) is 0 Å². The Morgan fingerprint density at radius 1 is 0.800 bits per heavy atom. The predicted molar refractivity (Wildman–Crippen MR) is 107 cm³/mol. The Hall–Kier alpha value is -2.09. The predicted octanol–water partition coefficient (Wildman–Crippen LogP) is 4.93. The lowest BCUT2D eigenvalue weighted by Crippen LogP contribution is -2.26. The van der Waals surface area contributed by atoms with Crippen molar-refractivity contribution in [2.45, 2.75) is 38.5 Å². The molecule has 2 heteroatoms. The summed E-state index contributed by atoms with van der Waals surface area (Å²) in [6, 6.07) is 15.5. The van der Waals surface area contributed by atoms with E-state index in [1.165, 1.54) is 86.6 Å². The molecule has 2 heterocycles. The van der Waals surface area contributed by atoms with Crippen molar-refractivity contribution in [1.82, 2.24) is 4.90 Å². The van der Waals surface area contributed by atoms with Gasteiger partial charge in [0.05, 0.1) is 5.57 Å². The molecule has 130 valence electrons. The van der Waals surface area contributed by atoms with Gasteiger partial charge in [-0.05, 0) is 42.0 Å². The molecule has 0 spiro atoms. The van der Waals surface area contributed by atoms with Crippen molar-refractivity contribution in [2.24, 2.45) is 0 Å². The fourth-order valence-electron chi connectivity index (χ4n) is 4.14. The van der Waals surface area contributed by atoms with Gasteiger partial charge in [0, 0.05) is 32.1 Å². The Morgan fingerprint density at radius 2 is 1.52 bits per heavy atom. The molecule has 2 aromatic carbocycles. The van der Waals surface area contributed by atoms with Crippen LogP contribution in [0.1, 0.15) is 44.1 Å². The van der Waals surface area contributed by atoms with E-state index in [-0.39, 0.29) is 0 Å². The van der Waals surface area contributed by atoms with E-state index in [4.69, 9.17) is 0 Å². The summed E-state index contributed by atoms with van der Waals surface area (Å²) in [6.45, 7) is 4.79. The molecule has 0 aliphatic carbocycles. The van der Waals surface area contributed by atoms with Crippen LogP contribution < -0.4 is 0 Å². The van der Waals surface area contributed by atoms with Gasteiger partial charge in [-0.15, -0.1) is 0 Å². The normalized spacial score (nSPS) is 19.3. The van der Waals surface area contributed by atoms with E-state index in [1.54, 1.807) is 0 Å². The number of likely N-dealkylation sites (tertiary alicyclic amines) is 1. The number of fused-ring (bicyclic) bond motifs is 1. The van der Waals surface area contributed by atoms with E-state index < -0.39 is 0 Å². The molecule has 0 radical (unpaired) electrons. The van der Waals surface area contributed by atoms with E-state index in [9.17, 15) is 0 Å². The lowest BCUT2D eigenvalue weighted by atomic mass is 9.98. The molecule has 2 aromatic rings. The van der Waals surface area contributed by atoms with Gasteiger partial charge in [-0.3, -0.25) is 0 Å². The molecule has 2 fully saturated rings. The molecular formula is C23H29N2+. The zero-order chi connectivity index (χ0) is 16.9. The van der Waals surface area contributed by atoms with Gasteiger partial charge in [-0.1, -0.05) is 42.5 Å². The summed E-state index contributed by atoms with van der Waals surface area (Å²) in [6.07, 6.45) is 12.9. The van der Waals surface area contributed by atoms with Gasteiger partial charge in [0.1, 0.15) is 13.1 Å². The Bertz CT molecular complexity index is 768.